The van der Waals surface area contributed by atoms with Gasteiger partial charge in [0.1, 0.15) is 0 Å². The summed E-state index contributed by atoms with van der Waals surface area (Å²) in [6.45, 7) is 1.80. The van der Waals surface area contributed by atoms with Gasteiger partial charge in [-0.25, -0.2) is 0 Å². The molecule has 21 heavy (non-hydrogen) atoms. The average Bonchev–Trinajstić information content (AvgIpc) is 2.95. The molecule has 1 N–H and O–H groups in total. The molecule has 0 amide bonds. The van der Waals surface area contributed by atoms with Crippen LogP contribution < -0.4 is 0 Å². The summed E-state index contributed by atoms with van der Waals surface area (Å²) < 4.78 is 29.7. The third kappa shape index (κ3) is 2.85. The summed E-state index contributed by atoms with van der Waals surface area (Å²) in [4.78, 5) is 0. The van der Waals surface area contributed by atoms with Crippen molar-refractivity contribution in [2.75, 3.05) is 19.6 Å². The van der Waals surface area contributed by atoms with Crippen LogP contribution in [0.2, 0.25) is 0 Å². The molecule has 0 aromatic carbocycles. The molecule has 118 valence electrons. The molecule has 1 aromatic heterocycles. The highest BCUT2D eigenvalue weighted by molar-refractivity contribution is 7.86. The van der Waals surface area contributed by atoms with Gasteiger partial charge in [-0.2, -0.15) is 22.1 Å². The third-order valence-corrected chi connectivity index (χ3v) is 6.46. The Bertz CT molecular complexity index is 596. The topological polar surface area (TPSA) is 78.7 Å². The van der Waals surface area contributed by atoms with Gasteiger partial charge in [-0.15, -0.1) is 0 Å². The Kier molecular flexibility index (Phi) is 4.04. The third-order valence-electron chi connectivity index (χ3n) is 4.37. The average molecular weight is 314 g/mol. The molecular formula is C13H22N4O3S. The van der Waals surface area contributed by atoms with Gasteiger partial charge < -0.3 is 5.11 Å². The molecule has 3 rings (SSSR count). The lowest BCUT2D eigenvalue weighted by atomic mass is 10.0. The number of aromatic nitrogens is 2. The van der Waals surface area contributed by atoms with E-state index in [2.05, 4.69) is 5.10 Å². The molecule has 0 aliphatic carbocycles. The van der Waals surface area contributed by atoms with Crippen molar-refractivity contribution in [2.45, 2.75) is 37.8 Å². The molecule has 2 unspecified atom stereocenters. The minimum atomic E-state index is -3.34. The zero-order valence-corrected chi connectivity index (χ0v) is 13.0. The molecule has 2 fully saturated rings. The van der Waals surface area contributed by atoms with E-state index in [1.54, 1.807) is 28.4 Å². The van der Waals surface area contributed by atoms with Crippen molar-refractivity contribution >= 4 is 10.2 Å². The number of aliphatic hydroxyl groups excluding tert-OH is 1. The van der Waals surface area contributed by atoms with E-state index in [-0.39, 0.29) is 6.04 Å². The molecule has 3 heterocycles. The Hall–Kier alpha value is -0.960. The lowest BCUT2D eigenvalue weighted by Gasteiger charge is -2.36. The molecule has 7 nitrogen and oxygen atoms in total. The summed E-state index contributed by atoms with van der Waals surface area (Å²) in [6.07, 6.45) is 5.77. The van der Waals surface area contributed by atoms with Gasteiger partial charge in [-0.1, -0.05) is 0 Å². The summed E-state index contributed by atoms with van der Waals surface area (Å²) in [5.74, 6) is 0. The smallest absolute Gasteiger partial charge is 0.282 e. The summed E-state index contributed by atoms with van der Waals surface area (Å²) >= 11 is 0. The van der Waals surface area contributed by atoms with E-state index in [9.17, 15) is 13.5 Å². The first-order valence-corrected chi connectivity index (χ1v) is 8.81. The fourth-order valence-corrected chi connectivity index (χ4v) is 4.97. The molecule has 2 saturated heterocycles. The summed E-state index contributed by atoms with van der Waals surface area (Å²) in [5.41, 5.74) is 0.741. The summed E-state index contributed by atoms with van der Waals surface area (Å²) in [6, 6.07) is -0.120. The Morgan fingerprint density at radius 2 is 2.14 bits per heavy atom. The highest BCUT2D eigenvalue weighted by atomic mass is 32.2. The van der Waals surface area contributed by atoms with Crippen molar-refractivity contribution in [2.24, 2.45) is 7.05 Å². The van der Waals surface area contributed by atoms with Crippen molar-refractivity contribution < 1.29 is 13.5 Å². The second-order valence-electron chi connectivity index (χ2n) is 5.87. The number of hydrogen-bond acceptors (Lipinski definition) is 4. The number of aryl methyl sites for hydroxylation is 1. The standard InChI is InChI=1S/C13H22N4O3S/c1-15-10-11(9-14-15)13(18)8-12-4-2-7-17(12)21(19,20)16-5-3-6-16/h9-10,12-13,18H,2-8H2,1H3. The van der Waals surface area contributed by atoms with Crippen molar-refractivity contribution in [3.63, 3.8) is 0 Å². The van der Waals surface area contributed by atoms with Gasteiger partial charge in [0.05, 0.1) is 12.3 Å². The molecule has 1 aromatic rings. The minimum absolute atomic E-state index is 0.120. The number of nitrogens with zero attached hydrogens (tertiary/aromatic N) is 4. The molecule has 0 saturated carbocycles. The quantitative estimate of drug-likeness (QED) is 0.845. The first-order chi connectivity index (χ1) is 9.98. The van der Waals surface area contributed by atoms with Crippen molar-refractivity contribution in [3.05, 3.63) is 18.0 Å². The van der Waals surface area contributed by atoms with Crippen molar-refractivity contribution in [1.82, 2.24) is 18.4 Å². The van der Waals surface area contributed by atoms with Crippen LogP contribution in [0.4, 0.5) is 0 Å². The number of aliphatic hydroxyl groups is 1. The number of rotatable bonds is 5. The van der Waals surface area contributed by atoms with Crippen LogP contribution in [0.5, 0.6) is 0 Å². The Morgan fingerprint density at radius 1 is 1.38 bits per heavy atom. The predicted molar refractivity (Wildman–Crippen MR) is 77.6 cm³/mol. The molecular weight excluding hydrogens is 292 g/mol. The highest BCUT2D eigenvalue weighted by Gasteiger charge is 2.40. The van der Waals surface area contributed by atoms with E-state index < -0.39 is 16.3 Å². The van der Waals surface area contributed by atoms with E-state index in [1.165, 1.54) is 4.31 Å². The Labute approximate surface area is 125 Å². The molecule has 0 spiro atoms. The molecule has 0 radical (unpaired) electrons. The minimum Gasteiger partial charge on any atom is -0.388 e. The molecule has 8 heteroatoms. The summed E-state index contributed by atoms with van der Waals surface area (Å²) in [5, 5.41) is 14.3. The van der Waals surface area contributed by atoms with E-state index in [1.807, 2.05) is 0 Å². The predicted octanol–water partition coefficient (Wildman–Crippen LogP) is 0.258. The normalized spacial score (nSPS) is 25.9. The van der Waals surface area contributed by atoms with Crippen LogP contribution in [0.3, 0.4) is 0 Å². The lowest BCUT2D eigenvalue weighted by molar-refractivity contribution is 0.139. The van der Waals surface area contributed by atoms with Crippen LogP contribution >= 0.6 is 0 Å². The maximum atomic E-state index is 12.5. The number of hydrogen-bond donors (Lipinski definition) is 1. The van der Waals surface area contributed by atoms with E-state index in [0.717, 1.165) is 24.8 Å². The second kappa shape index (κ2) is 5.68. The molecule has 0 bridgehead atoms. The van der Waals surface area contributed by atoms with Gasteiger partial charge in [0, 0.05) is 44.5 Å². The van der Waals surface area contributed by atoms with Crippen molar-refractivity contribution in [3.8, 4) is 0 Å². The Balaban J connectivity index is 1.69. The van der Waals surface area contributed by atoms with Crippen LogP contribution in [0.25, 0.3) is 0 Å². The highest BCUT2D eigenvalue weighted by Crippen LogP contribution is 2.31. The SMILES string of the molecule is Cn1cc(C(O)CC2CCCN2S(=O)(=O)N2CCC2)cn1. The zero-order chi connectivity index (χ0) is 15.0. The van der Waals surface area contributed by atoms with Gasteiger partial charge in [0.25, 0.3) is 10.2 Å². The fraction of sp³-hybridized carbons (Fsp3) is 0.769. The molecule has 2 aliphatic heterocycles. The lowest BCUT2D eigenvalue weighted by Crippen LogP contribution is -2.51. The van der Waals surface area contributed by atoms with Crippen LogP contribution in [-0.4, -0.2) is 57.6 Å². The molecule has 2 atom stereocenters. The largest absolute Gasteiger partial charge is 0.388 e. The first-order valence-electron chi connectivity index (χ1n) is 7.42. The van der Waals surface area contributed by atoms with Gasteiger partial charge in [0.2, 0.25) is 0 Å². The monoisotopic (exact) mass is 314 g/mol. The Morgan fingerprint density at radius 3 is 2.71 bits per heavy atom. The fourth-order valence-electron chi connectivity index (χ4n) is 3.02. The summed E-state index contributed by atoms with van der Waals surface area (Å²) in [7, 11) is -1.54. The van der Waals surface area contributed by atoms with E-state index in [0.29, 0.717) is 26.1 Å². The van der Waals surface area contributed by atoms with Crippen LogP contribution in [0.15, 0.2) is 12.4 Å². The maximum Gasteiger partial charge on any atom is 0.282 e. The van der Waals surface area contributed by atoms with Gasteiger partial charge in [-0.05, 0) is 25.7 Å². The van der Waals surface area contributed by atoms with E-state index in [4.69, 9.17) is 0 Å². The first kappa shape index (κ1) is 15.0. The van der Waals surface area contributed by atoms with Crippen LogP contribution in [-0.2, 0) is 17.3 Å². The maximum absolute atomic E-state index is 12.5. The van der Waals surface area contributed by atoms with E-state index >= 15 is 0 Å². The van der Waals surface area contributed by atoms with Crippen LogP contribution in [0, 0.1) is 0 Å². The zero-order valence-electron chi connectivity index (χ0n) is 12.2. The van der Waals surface area contributed by atoms with Crippen LogP contribution in [0.1, 0.15) is 37.4 Å². The second-order valence-corrected chi connectivity index (χ2v) is 7.75. The van der Waals surface area contributed by atoms with Crippen molar-refractivity contribution in [1.29, 1.82) is 0 Å². The molecule has 2 aliphatic rings. The van der Waals surface area contributed by atoms with Gasteiger partial charge >= 0.3 is 0 Å². The van der Waals surface area contributed by atoms with Gasteiger partial charge in [0.15, 0.2) is 0 Å². The van der Waals surface area contributed by atoms with Gasteiger partial charge in [-0.3, -0.25) is 4.68 Å².